The highest BCUT2D eigenvalue weighted by atomic mass is 16.5. The van der Waals surface area contributed by atoms with Gasteiger partial charge >= 0.3 is 12.1 Å². The van der Waals surface area contributed by atoms with Gasteiger partial charge in [0, 0.05) is 73.9 Å². The average Bonchev–Trinajstić information content (AvgIpc) is 2.12. The molecule has 2 aliphatic rings. The van der Waals surface area contributed by atoms with Crippen molar-refractivity contribution in [3.63, 3.8) is 0 Å². The van der Waals surface area contributed by atoms with E-state index in [-0.39, 0.29) is 48.1 Å². The number of nitrogens with zero attached hydrogens (tertiary/aromatic N) is 4. The third kappa shape index (κ3) is 13.5. The predicted octanol–water partition coefficient (Wildman–Crippen LogP) is 14.0. The summed E-state index contributed by atoms with van der Waals surface area (Å²) in [5, 5.41) is 15.0. The lowest BCUT2D eigenvalue weighted by atomic mass is 9.82. The van der Waals surface area contributed by atoms with Crippen LogP contribution >= 0.6 is 0 Å². The number of aromatic nitrogens is 2. The third-order valence-electron chi connectivity index (χ3n) is 16.7. The van der Waals surface area contributed by atoms with Crippen LogP contribution in [0.25, 0.3) is 55.5 Å². The van der Waals surface area contributed by atoms with Gasteiger partial charge in [0.25, 0.3) is 11.8 Å². The second-order valence-corrected chi connectivity index (χ2v) is 26.6. The van der Waals surface area contributed by atoms with Crippen LogP contribution in [-0.2, 0) is 23.9 Å². The molecule has 444 valence electrons. The number of nitrogens with one attached hydrogen (secondary N) is 2. The van der Waals surface area contributed by atoms with Crippen molar-refractivity contribution >= 4 is 85.3 Å². The monoisotopic (exact) mass is 1130 g/mol. The summed E-state index contributed by atoms with van der Waals surface area (Å²) in [6.45, 7) is 30.7. The van der Waals surface area contributed by atoms with Crippen LogP contribution in [0, 0.1) is 16.7 Å². The molecule has 5 unspecified atom stereocenters. The van der Waals surface area contributed by atoms with Gasteiger partial charge in [-0.2, -0.15) is 0 Å². The Balaban J connectivity index is 1.23. The van der Waals surface area contributed by atoms with Crippen LogP contribution in [0.15, 0.2) is 107 Å². The molecule has 3 heterocycles. The van der Waals surface area contributed by atoms with E-state index >= 15 is 14.4 Å². The Bertz CT molecular complexity index is 3450. The maximum atomic E-state index is 15.7. The Morgan fingerprint density at radius 1 is 0.590 bits per heavy atom. The Morgan fingerprint density at radius 3 is 1.52 bits per heavy atom. The van der Waals surface area contributed by atoms with Crippen LogP contribution in [0.1, 0.15) is 167 Å². The molecule has 13 nitrogen and oxygen atoms in total. The van der Waals surface area contributed by atoms with Crippen molar-refractivity contribution in [2.24, 2.45) is 16.7 Å². The Morgan fingerprint density at radius 2 is 1.06 bits per heavy atom. The molecule has 2 fully saturated rings. The molecule has 0 radical (unpaired) electrons. The van der Waals surface area contributed by atoms with Crippen molar-refractivity contribution < 1.29 is 33.4 Å². The molecule has 0 bridgehead atoms. The summed E-state index contributed by atoms with van der Waals surface area (Å²) in [7, 11) is 0. The number of amides is 6. The first-order valence-corrected chi connectivity index (χ1v) is 30.5. The van der Waals surface area contributed by atoms with E-state index in [1.54, 1.807) is 13.8 Å². The minimum absolute atomic E-state index is 0.0110. The first-order valence-electron chi connectivity index (χ1n) is 30.5. The largest absolute Gasteiger partial charge is 0.447 e. The van der Waals surface area contributed by atoms with Crippen LogP contribution in [-0.4, -0.2) is 92.8 Å². The molecular weight excluding hydrogens is 1040 g/mol. The number of carbonyl (C=O) groups is 5. The quantitative estimate of drug-likeness (QED) is 0.0539. The predicted molar refractivity (Wildman–Crippen MR) is 338 cm³/mol. The summed E-state index contributed by atoms with van der Waals surface area (Å²) in [5.41, 5.74) is 2.96. The SMILES string of the molecule is CCCC(C)n1/c(=C/C=C2\CC/C(=C\C=c3/c4cccc5cccc(c54)n3C(C)CCC)C2=C2C(=O)N(C(C)COC(=O)NCC(C)(C)CC(C)CCNC(=O)C(C)(C)C)C(=O)N(C(C)COC(C)(C)C)C2=O)c2cccc3cccc1c32. The van der Waals surface area contributed by atoms with E-state index in [0.717, 1.165) is 97.8 Å². The molecular formula is C70H92N6O7. The lowest BCUT2D eigenvalue weighted by Crippen LogP contribution is -2.63. The van der Waals surface area contributed by atoms with Crippen LogP contribution < -0.4 is 21.3 Å². The molecule has 2 N–H and O–H groups in total. The summed E-state index contributed by atoms with van der Waals surface area (Å²) in [6, 6.07) is 23.6. The first-order chi connectivity index (χ1) is 39.3. The zero-order chi connectivity index (χ0) is 60.3. The van der Waals surface area contributed by atoms with Gasteiger partial charge < -0.3 is 29.2 Å². The molecule has 1 saturated carbocycles. The molecule has 13 heteroatoms. The van der Waals surface area contributed by atoms with E-state index < -0.39 is 47.0 Å². The summed E-state index contributed by atoms with van der Waals surface area (Å²) in [5.74, 6) is -1.16. The molecule has 5 atom stereocenters. The van der Waals surface area contributed by atoms with E-state index in [9.17, 15) is 9.59 Å². The Labute approximate surface area is 492 Å². The molecule has 1 saturated heterocycles. The van der Waals surface area contributed by atoms with Gasteiger partial charge in [0.2, 0.25) is 5.91 Å². The number of carbonyl (C=O) groups excluding carboxylic acids is 5. The fourth-order valence-electron chi connectivity index (χ4n) is 12.6. The van der Waals surface area contributed by atoms with Crippen molar-refractivity contribution in [1.29, 1.82) is 0 Å². The highest BCUT2D eigenvalue weighted by Gasteiger charge is 2.49. The summed E-state index contributed by atoms with van der Waals surface area (Å²) >= 11 is 0. The van der Waals surface area contributed by atoms with Gasteiger partial charge in [-0.25, -0.2) is 9.59 Å². The van der Waals surface area contributed by atoms with Crippen LogP contribution in [0.2, 0.25) is 0 Å². The third-order valence-corrected chi connectivity index (χ3v) is 16.7. The fraction of sp³-hybridized carbons (Fsp3) is 0.500. The maximum absolute atomic E-state index is 15.7. The number of hydrogen-bond donors (Lipinski definition) is 2. The molecule has 1 aliphatic carbocycles. The molecule has 6 amide bonds. The van der Waals surface area contributed by atoms with E-state index in [2.05, 4.69) is 165 Å². The van der Waals surface area contributed by atoms with E-state index in [0.29, 0.717) is 31.5 Å². The number of ether oxygens (including phenoxy) is 2. The van der Waals surface area contributed by atoms with Crippen molar-refractivity contribution in [3.05, 3.63) is 118 Å². The number of barbiturate groups is 1. The fourth-order valence-corrected chi connectivity index (χ4v) is 12.6. The van der Waals surface area contributed by atoms with Gasteiger partial charge in [0.05, 0.1) is 24.3 Å². The van der Waals surface area contributed by atoms with Gasteiger partial charge in [-0.1, -0.05) is 141 Å². The topological polar surface area (TPSA) is 144 Å². The molecule has 2 aromatic heterocycles. The highest BCUT2D eigenvalue weighted by Crippen LogP contribution is 2.42. The van der Waals surface area contributed by atoms with E-state index in [1.165, 1.54) is 15.7 Å². The molecule has 83 heavy (non-hydrogen) atoms. The van der Waals surface area contributed by atoms with Gasteiger partial charge in [-0.05, 0) is 150 Å². The van der Waals surface area contributed by atoms with Gasteiger partial charge in [0.1, 0.15) is 12.2 Å². The summed E-state index contributed by atoms with van der Waals surface area (Å²) in [6.07, 6.45) is 14.4. The molecule has 1 aliphatic heterocycles. The van der Waals surface area contributed by atoms with Crippen molar-refractivity contribution in [2.75, 3.05) is 26.3 Å². The van der Waals surface area contributed by atoms with Gasteiger partial charge in [-0.3, -0.25) is 24.2 Å². The number of allylic oxidation sites excluding steroid dienone is 5. The molecule has 6 aromatic rings. The maximum Gasteiger partial charge on any atom is 0.407 e. The number of imide groups is 2. The van der Waals surface area contributed by atoms with Gasteiger partial charge in [-0.15, -0.1) is 0 Å². The van der Waals surface area contributed by atoms with Crippen LogP contribution in [0.4, 0.5) is 9.59 Å². The van der Waals surface area contributed by atoms with Gasteiger partial charge in [0.15, 0.2) is 0 Å². The number of rotatable bonds is 21. The number of hydrogen-bond acceptors (Lipinski definition) is 7. The zero-order valence-corrected chi connectivity index (χ0v) is 52.3. The molecule has 8 rings (SSSR count). The lowest BCUT2D eigenvalue weighted by Gasteiger charge is -2.40. The molecule has 4 aromatic carbocycles. The minimum Gasteiger partial charge on any atom is -0.447 e. The number of benzene rings is 4. The van der Waals surface area contributed by atoms with Crippen LogP contribution in [0.5, 0.6) is 0 Å². The second-order valence-electron chi connectivity index (χ2n) is 26.6. The smallest absolute Gasteiger partial charge is 0.407 e. The van der Waals surface area contributed by atoms with Crippen molar-refractivity contribution in [3.8, 4) is 0 Å². The summed E-state index contributed by atoms with van der Waals surface area (Å²) < 4.78 is 16.9. The zero-order valence-electron chi connectivity index (χ0n) is 52.3. The number of urea groups is 1. The second kappa shape index (κ2) is 25.5. The Hall–Kier alpha value is -6.99. The standard InChI is InChI=1S/C70H92N6O7/c1-16-22-45(4)73-55(53-28-18-24-49-26-20-30-57(73)60(49)53)36-34-51-32-33-52(35-37-56-54-29-19-25-50-27-21-31-58(61(50)54)74(56)46(5)23-17-2)59(51)62-63(77)75(67(81)76(64(62)78)48(7)42-83-69(11,12)13)47(6)41-82-66(80)72-43-70(14,15)40-44(3)38-39-71-65(79)68(8,9)10/h18-21,24-31,34-37,44-48H,16-17,22-23,32-33,38-43H2,1-15H3,(H,71,79)(H,72,80)/b51-34+,52-35+,55-36+,56-37+,62-59?. The van der Waals surface area contributed by atoms with Crippen molar-refractivity contribution in [2.45, 2.75) is 185 Å². The first kappa shape index (κ1) is 62.1. The van der Waals surface area contributed by atoms with E-state index in [4.69, 9.17) is 9.47 Å². The summed E-state index contributed by atoms with van der Waals surface area (Å²) in [4.78, 5) is 74.7. The minimum atomic E-state index is -0.971. The van der Waals surface area contributed by atoms with Crippen LogP contribution in [0.3, 0.4) is 0 Å². The lowest BCUT2D eigenvalue weighted by molar-refractivity contribution is -0.140. The number of alkyl carbamates (subject to hydrolysis) is 1. The highest BCUT2D eigenvalue weighted by molar-refractivity contribution is 6.30. The van der Waals surface area contributed by atoms with Crippen molar-refractivity contribution in [1.82, 2.24) is 29.6 Å². The molecule has 0 spiro atoms. The average molecular weight is 1130 g/mol. The Kier molecular flexibility index (Phi) is 19.0. The normalized spacial score (nSPS) is 18.3. The van der Waals surface area contributed by atoms with E-state index in [1.807, 2.05) is 41.5 Å².